The summed E-state index contributed by atoms with van der Waals surface area (Å²) in [7, 11) is 0. The predicted octanol–water partition coefficient (Wildman–Crippen LogP) is 0.00260. The Kier molecular flexibility index (Phi) is 4.89. The maximum Gasteiger partial charge on any atom is 0.407 e. The number of fused-ring (bicyclic) bond motifs is 1. The molecule has 0 aliphatic carbocycles. The Bertz CT molecular complexity index is 576. The summed E-state index contributed by atoms with van der Waals surface area (Å²) in [6.45, 7) is 5.38. The van der Waals surface area contributed by atoms with Gasteiger partial charge in [-0.25, -0.2) is 9.59 Å². The van der Waals surface area contributed by atoms with E-state index in [0.29, 0.717) is 0 Å². The molecule has 0 saturated heterocycles. The Morgan fingerprint density at radius 2 is 2.22 bits per heavy atom. The number of aliphatic hydroxyl groups excluding tert-OH is 1. The van der Waals surface area contributed by atoms with Crippen molar-refractivity contribution in [2.45, 2.75) is 32.7 Å². The SMILES string of the molecule is CC(C)(C)OC(=O)NCCOC(=O)C1=CC=CN2C1=NNC2O. The van der Waals surface area contributed by atoms with Crippen LogP contribution in [0.5, 0.6) is 0 Å². The topological polar surface area (TPSA) is 112 Å². The summed E-state index contributed by atoms with van der Waals surface area (Å²) >= 11 is 0. The second-order valence-corrected chi connectivity index (χ2v) is 5.83. The predicted molar refractivity (Wildman–Crippen MR) is 80.8 cm³/mol. The first-order valence-electron chi connectivity index (χ1n) is 7.10. The molecular weight excluding hydrogens is 304 g/mol. The molecule has 3 N–H and O–H groups in total. The molecular formula is C14H20N4O5. The molecule has 0 bridgehead atoms. The minimum atomic E-state index is -1.01. The summed E-state index contributed by atoms with van der Waals surface area (Å²) in [5, 5.41) is 16.0. The van der Waals surface area contributed by atoms with Crippen LogP contribution in [0.2, 0.25) is 0 Å². The number of hydrazone groups is 1. The highest BCUT2D eigenvalue weighted by molar-refractivity contribution is 6.20. The molecule has 1 amide bonds. The van der Waals surface area contributed by atoms with Gasteiger partial charge in [0.15, 0.2) is 5.84 Å². The molecule has 0 spiro atoms. The number of amidine groups is 1. The zero-order chi connectivity index (χ0) is 17.0. The van der Waals surface area contributed by atoms with E-state index in [1.807, 2.05) is 0 Å². The average molecular weight is 324 g/mol. The first-order chi connectivity index (χ1) is 10.8. The summed E-state index contributed by atoms with van der Waals surface area (Å²) < 4.78 is 10.1. The van der Waals surface area contributed by atoms with Crippen molar-refractivity contribution in [3.05, 3.63) is 23.9 Å². The summed E-state index contributed by atoms with van der Waals surface area (Å²) in [4.78, 5) is 24.9. The molecule has 2 aliphatic rings. The van der Waals surface area contributed by atoms with Crippen molar-refractivity contribution >= 4 is 17.9 Å². The van der Waals surface area contributed by atoms with Gasteiger partial charge in [0.1, 0.15) is 17.8 Å². The van der Waals surface area contributed by atoms with Gasteiger partial charge in [-0.05, 0) is 32.9 Å². The van der Waals surface area contributed by atoms with Gasteiger partial charge < -0.3 is 19.9 Å². The summed E-state index contributed by atoms with van der Waals surface area (Å²) in [5.74, 6) is -0.315. The molecule has 2 aliphatic heterocycles. The molecule has 1 atom stereocenters. The highest BCUT2D eigenvalue weighted by Gasteiger charge is 2.32. The first kappa shape index (κ1) is 16.8. The van der Waals surface area contributed by atoms with Crippen molar-refractivity contribution < 1.29 is 24.2 Å². The van der Waals surface area contributed by atoms with E-state index in [1.54, 1.807) is 39.1 Å². The molecule has 9 nitrogen and oxygen atoms in total. The third-order valence-corrected chi connectivity index (χ3v) is 2.77. The number of aliphatic hydroxyl groups is 1. The summed E-state index contributed by atoms with van der Waals surface area (Å²) in [6, 6.07) is 0. The standard InChI is InChI=1S/C14H20N4O5/c1-14(2,3)23-13(21)15-6-8-22-11(19)9-5-4-7-18-10(9)16-17-12(18)20/h4-5,7,12,17,20H,6,8H2,1-3H3,(H,15,21). The van der Waals surface area contributed by atoms with E-state index in [4.69, 9.17) is 9.47 Å². The molecule has 2 rings (SSSR count). The maximum atomic E-state index is 12.0. The number of allylic oxidation sites excluding steroid dienone is 2. The second kappa shape index (κ2) is 6.69. The third-order valence-electron chi connectivity index (χ3n) is 2.77. The van der Waals surface area contributed by atoms with Crippen molar-refractivity contribution in [3.8, 4) is 0 Å². The average Bonchev–Trinajstić information content (AvgIpc) is 2.83. The van der Waals surface area contributed by atoms with E-state index < -0.39 is 24.0 Å². The number of nitrogens with zero attached hydrogens (tertiary/aromatic N) is 2. The van der Waals surface area contributed by atoms with Crippen LogP contribution in [-0.2, 0) is 14.3 Å². The molecule has 9 heteroatoms. The number of carbonyl (C=O) groups is 2. The summed E-state index contributed by atoms with van der Waals surface area (Å²) in [5.41, 5.74) is 2.08. The van der Waals surface area contributed by atoms with Crippen molar-refractivity contribution in [1.82, 2.24) is 15.6 Å². The Labute approximate surface area is 133 Å². The van der Waals surface area contributed by atoms with Crippen LogP contribution >= 0.6 is 0 Å². The fourth-order valence-corrected chi connectivity index (χ4v) is 1.86. The van der Waals surface area contributed by atoms with Gasteiger partial charge in [0.2, 0.25) is 6.35 Å². The lowest BCUT2D eigenvalue weighted by Crippen LogP contribution is -2.39. The number of hydrogen-bond donors (Lipinski definition) is 3. The molecule has 2 heterocycles. The lowest BCUT2D eigenvalue weighted by Gasteiger charge is -2.22. The molecule has 0 radical (unpaired) electrons. The Morgan fingerprint density at radius 3 is 2.91 bits per heavy atom. The van der Waals surface area contributed by atoms with Crippen LogP contribution in [0.15, 0.2) is 29.0 Å². The molecule has 0 saturated carbocycles. The van der Waals surface area contributed by atoms with Gasteiger partial charge in [0.05, 0.1) is 6.54 Å². The van der Waals surface area contributed by atoms with Gasteiger partial charge in [-0.2, -0.15) is 5.10 Å². The number of nitrogens with one attached hydrogen (secondary N) is 2. The van der Waals surface area contributed by atoms with Crippen molar-refractivity contribution in [2.75, 3.05) is 13.2 Å². The maximum absolute atomic E-state index is 12.0. The van der Waals surface area contributed by atoms with Crippen molar-refractivity contribution in [3.63, 3.8) is 0 Å². The van der Waals surface area contributed by atoms with Crippen LogP contribution < -0.4 is 10.7 Å². The van der Waals surface area contributed by atoms with Gasteiger partial charge in [-0.15, -0.1) is 0 Å². The van der Waals surface area contributed by atoms with Crippen LogP contribution in [0.1, 0.15) is 20.8 Å². The van der Waals surface area contributed by atoms with Crippen LogP contribution in [0, 0.1) is 0 Å². The molecule has 0 aromatic carbocycles. The number of amides is 1. The molecule has 23 heavy (non-hydrogen) atoms. The van der Waals surface area contributed by atoms with Crippen molar-refractivity contribution in [1.29, 1.82) is 0 Å². The van der Waals surface area contributed by atoms with E-state index in [0.717, 1.165) is 0 Å². The van der Waals surface area contributed by atoms with Gasteiger partial charge in [0, 0.05) is 6.20 Å². The molecule has 0 fully saturated rings. The van der Waals surface area contributed by atoms with Crippen molar-refractivity contribution in [2.24, 2.45) is 5.10 Å². The van der Waals surface area contributed by atoms with Crippen LogP contribution in [0.3, 0.4) is 0 Å². The van der Waals surface area contributed by atoms with Crippen LogP contribution in [0.4, 0.5) is 4.79 Å². The number of esters is 1. The first-order valence-corrected chi connectivity index (χ1v) is 7.10. The number of carbonyl (C=O) groups excluding carboxylic acids is 2. The smallest absolute Gasteiger partial charge is 0.407 e. The van der Waals surface area contributed by atoms with Gasteiger partial charge in [-0.3, -0.25) is 10.3 Å². The minimum Gasteiger partial charge on any atom is -0.460 e. The largest absolute Gasteiger partial charge is 0.460 e. The van der Waals surface area contributed by atoms with E-state index >= 15 is 0 Å². The van der Waals surface area contributed by atoms with Crippen LogP contribution in [0.25, 0.3) is 0 Å². The number of alkyl carbamates (subject to hydrolysis) is 1. The fraction of sp³-hybridized carbons (Fsp3) is 0.500. The normalized spacial score (nSPS) is 19.3. The Morgan fingerprint density at radius 1 is 1.48 bits per heavy atom. The van der Waals surface area contributed by atoms with E-state index in [-0.39, 0.29) is 24.6 Å². The Balaban J connectivity index is 1.77. The molecule has 1 unspecified atom stereocenters. The van der Waals surface area contributed by atoms with Crippen LogP contribution in [-0.4, -0.2) is 53.0 Å². The highest BCUT2D eigenvalue weighted by atomic mass is 16.6. The van der Waals surface area contributed by atoms with E-state index in [9.17, 15) is 14.7 Å². The highest BCUT2D eigenvalue weighted by Crippen LogP contribution is 2.17. The van der Waals surface area contributed by atoms with Gasteiger partial charge in [0.25, 0.3) is 0 Å². The lowest BCUT2D eigenvalue weighted by molar-refractivity contribution is -0.138. The lowest BCUT2D eigenvalue weighted by atomic mass is 10.1. The molecule has 0 aromatic rings. The quantitative estimate of drug-likeness (QED) is 0.493. The Hall–Kier alpha value is -2.55. The molecule has 126 valence electrons. The number of hydrogen-bond acceptors (Lipinski definition) is 8. The zero-order valence-corrected chi connectivity index (χ0v) is 13.2. The second-order valence-electron chi connectivity index (χ2n) is 5.83. The minimum absolute atomic E-state index is 0.0115. The number of ether oxygens (including phenoxy) is 2. The van der Waals surface area contributed by atoms with Gasteiger partial charge in [-0.1, -0.05) is 0 Å². The monoisotopic (exact) mass is 324 g/mol. The van der Waals surface area contributed by atoms with E-state index in [2.05, 4.69) is 15.8 Å². The van der Waals surface area contributed by atoms with Gasteiger partial charge >= 0.3 is 12.1 Å². The summed E-state index contributed by atoms with van der Waals surface area (Å²) in [6.07, 6.45) is 3.15. The zero-order valence-electron chi connectivity index (χ0n) is 13.2. The third kappa shape index (κ3) is 4.46. The number of rotatable bonds is 4. The molecule has 0 aromatic heterocycles. The fourth-order valence-electron chi connectivity index (χ4n) is 1.86. The van der Waals surface area contributed by atoms with E-state index in [1.165, 1.54) is 4.90 Å².